The highest BCUT2D eigenvalue weighted by atomic mass is 16.7. The second-order valence-corrected chi connectivity index (χ2v) is 9.36. The highest BCUT2D eigenvalue weighted by molar-refractivity contribution is 5.91. The standard InChI is InChI=1S/C27H30O11/c1-11(2)5-7-14-15(28)10-17(30)19-21(32)26(38-27-23(34)22(33)20(31)12(3)36-27)24(37-25(14)19)13-6-8-18(35-4)16(29)9-13/h5-6,8-10,12,20,22-23,27-31,33-34H,7H2,1-4H3. The summed E-state index contributed by atoms with van der Waals surface area (Å²) in [7, 11) is 1.36. The lowest BCUT2D eigenvalue weighted by molar-refractivity contribution is -0.268. The van der Waals surface area contributed by atoms with Crippen LogP contribution in [0.1, 0.15) is 26.3 Å². The molecule has 1 aromatic heterocycles. The van der Waals surface area contributed by atoms with Crippen LogP contribution in [-0.2, 0) is 11.2 Å². The lowest BCUT2D eigenvalue weighted by Gasteiger charge is -2.38. The molecule has 5 atom stereocenters. The summed E-state index contributed by atoms with van der Waals surface area (Å²) in [6.07, 6.45) is -5.36. The van der Waals surface area contributed by atoms with Crippen LogP contribution in [0, 0.1) is 0 Å². The van der Waals surface area contributed by atoms with Gasteiger partial charge < -0.3 is 49.3 Å². The Morgan fingerprint density at radius 3 is 2.34 bits per heavy atom. The van der Waals surface area contributed by atoms with E-state index in [1.807, 2.05) is 13.8 Å². The Kier molecular flexibility index (Phi) is 7.56. The van der Waals surface area contributed by atoms with E-state index < -0.39 is 47.6 Å². The van der Waals surface area contributed by atoms with Gasteiger partial charge in [-0.25, -0.2) is 0 Å². The van der Waals surface area contributed by atoms with Crippen molar-refractivity contribution in [3.8, 4) is 40.1 Å². The minimum atomic E-state index is -1.74. The number of methoxy groups -OCH3 is 1. The van der Waals surface area contributed by atoms with E-state index in [4.69, 9.17) is 18.6 Å². The topological polar surface area (TPSA) is 179 Å². The molecule has 38 heavy (non-hydrogen) atoms. The summed E-state index contributed by atoms with van der Waals surface area (Å²) in [6.45, 7) is 5.16. The van der Waals surface area contributed by atoms with Gasteiger partial charge in [0.15, 0.2) is 17.3 Å². The summed E-state index contributed by atoms with van der Waals surface area (Å²) in [5.41, 5.74) is 0.342. The molecule has 0 spiro atoms. The number of rotatable bonds is 6. The van der Waals surface area contributed by atoms with Crippen molar-refractivity contribution in [1.29, 1.82) is 0 Å². The molecule has 1 aliphatic heterocycles. The minimum Gasteiger partial charge on any atom is -0.507 e. The molecule has 1 aliphatic rings. The molecule has 11 heteroatoms. The molecular formula is C27H30O11. The summed E-state index contributed by atoms with van der Waals surface area (Å²) in [6, 6.07) is 5.18. The van der Waals surface area contributed by atoms with Gasteiger partial charge in [-0.2, -0.15) is 0 Å². The van der Waals surface area contributed by atoms with Crippen LogP contribution in [0.15, 0.2) is 45.1 Å². The summed E-state index contributed by atoms with van der Waals surface area (Å²) >= 11 is 0. The molecule has 0 amide bonds. The maximum absolute atomic E-state index is 13.8. The molecule has 5 unspecified atom stereocenters. The van der Waals surface area contributed by atoms with Crippen LogP contribution in [0.3, 0.4) is 0 Å². The molecule has 11 nitrogen and oxygen atoms in total. The third-order valence-corrected chi connectivity index (χ3v) is 6.38. The first-order valence-electron chi connectivity index (χ1n) is 11.9. The predicted molar refractivity (Wildman–Crippen MR) is 136 cm³/mol. The molecule has 2 heterocycles. The molecular weight excluding hydrogens is 500 g/mol. The third-order valence-electron chi connectivity index (χ3n) is 6.38. The van der Waals surface area contributed by atoms with E-state index in [9.17, 15) is 35.4 Å². The van der Waals surface area contributed by atoms with E-state index in [0.29, 0.717) is 0 Å². The second kappa shape index (κ2) is 10.5. The van der Waals surface area contributed by atoms with E-state index in [2.05, 4.69) is 0 Å². The molecule has 6 N–H and O–H groups in total. The monoisotopic (exact) mass is 530 g/mol. The van der Waals surface area contributed by atoms with E-state index in [0.717, 1.165) is 11.6 Å². The smallest absolute Gasteiger partial charge is 0.239 e. The zero-order valence-corrected chi connectivity index (χ0v) is 21.2. The van der Waals surface area contributed by atoms with Gasteiger partial charge >= 0.3 is 0 Å². The first-order valence-corrected chi connectivity index (χ1v) is 11.9. The van der Waals surface area contributed by atoms with Crippen LogP contribution in [-0.4, -0.2) is 68.5 Å². The quantitative estimate of drug-likeness (QED) is 0.258. The fraction of sp³-hybridized carbons (Fsp3) is 0.370. The Morgan fingerprint density at radius 2 is 1.71 bits per heavy atom. The number of aromatic hydroxyl groups is 3. The van der Waals surface area contributed by atoms with Crippen molar-refractivity contribution in [2.75, 3.05) is 7.11 Å². The van der Waals surface area contributed by atoms with Crippen molar-refractivity contribution in [3.63, 3.8) is 0 Å². The fourth-order valence-corrected chi connectivity index (χ4v) is 4.23. The average Bonchev–Trinajstić information content (AvgIpc) is 2.86. The number of aliphatic hydroxyl groups excluding tert-OH is 3. The molecule has 0 saturated carbocycles. The molecule has 1 fully saturated rings. The zero-order valence-electron chi connectivity index (χ0n) is 21.2. The van der Waals surface area contributed by atoms with Crippen molar-refractivity contribution in [1.82, 2.24) is 0 Å². The molecule has 4 rings (SSSR count). The SMILES string of the molecule is COc1ccc(-c2oc3c(CC=C(C)C)c(O)cc(O)c3c(=O)c2OC2OC(C)C(O)C(O)C2O)cc1O. The zero-order chi connectivity index (χ0) is 27.9. The number of allylic oxidation sites excluding steroid dienone is 2. The van der Waals surface area contributed by atoms with Crippen LogP contribution >= 0.6 is 0 Å². The third kappa shape index (κ3) is 4.88. The first kappa shape index (κ1) is 27.3. The average molecular weight is 531 g/mol. The summed E-state index contributed by atoms with van der Waals surface area (Å²) in [4.78, 5) is 13.8. The molecule has 3 aromatic rings. The van der Waals surface area contributed by atoms with Crippen molar-refractivity contribution in [2.24, 2.45) is 0 Å². The Balaban J connectivity index is 1.99. The Hall–Kier alpha value is -3.77. The van der Waals surface area contributed by atoms with Gasteiger partial charge in [0.05, 0.1) is 13.2 Å². The first-order chi connectivity index (χ1) is 17.9. The van der Waals surface area contributed by atoms with E-state index in [-0.39, 0.29) is 51.5 Å². The maximum Gasteiger partial charge on any atom is 0.239 e. The van der Waals surface area contributed by atoms with Gasteiger partial charge in [0.2, 0.25) is 17.5 Å². The summed E-state index contributed by atoms with van der Waals surface area (Å²) in [5, 5.41) is 62.0. The number of phenolic OH excluding ortho intramolecular Hbond substituents is 3. The number of benzene rings is 2. The lowest BCUT2D eigenvalue weighted by atomic mass is 10.00. The number of hydrogen-bond donors (Lipinski definition) is 6. The van der Waals surface area contributed by atoms with E-state index in [1.54, 1.807) is 6.08 Å². The number of ether oxygens (including phenoxy) is 3. The molecule has 0 radical (unpaired) electrons. The van der Waals surface area contributed by atoms with Crippen molar-refractivity contribution < 1.29 is 49.3 Å². The lowest BCUT2D eigenvalue weighted by Crippen LogP contribution is -2.58. The Labute approximate surface area is 217 Å². The maximum atomic E-state index is 13.8. The van der Waals surface area contributed by atoms with Gasteiger partial charge in [0, 0.05) is 17.2 Å². The number of hydrogen-bond acceptors (Lipinski definition) is 11. The molecule has 1 saturated heterocycles. The van der Waals surface area contributed by atoms with Gasteiger partial charge in [0.1, 0.15) is 40.8 Å². The van der Waals surface area contributed by atoms with Crippen molar-refractivity contribution in [3.05, 3.63) is 51.7 Å². The van der Waals surface area contributed by atoms with Crippen molar-refractivity contribution in [2.45, 2.75) is 57.9 Å². The van der Waals surface area contributed by atoms with E-state index >= 15 is 0 Å². The normalized spacial score (nSPS) is 23.3. The summed E-state index contributed by atoms with van der Waals surface area (Å²) < 4.78 is 22.4. The van der Waals surface area contributed by atoms with Gasteiger partial charge in [-0.15, -0.1) is 0 Å². The largest absolute Gasteiger partial charge is 0.507 e. The second-order valence-electron chi connectivity index (χ2n) is 9.36. The van der Waals surface area contributed by atoms with Crippen LogP contribution in [0.2, 0.25) is 0 Å². The van der Waals surface area contributed by atoms with Gasteiger partial charge in [-0.1, -0.05) is 11.6 Å². The highest BCUT2D eigenvalue weighted by Gasteiger charge is 2.44. The van der Waals surface area contributed by atoms with Gasteiger partial charge in [-0.05, 0) is 45.4 Å². The molecule has 0 bridgehead atoms. The number of aliphatic hydroxyl groups is 3. The number of phenols is 3. The molecule has 204 valence electrons. The van der Waals surface area contributed by atoms with Crippen LogP contribution in [0.25, 0.3) is 22.3 Å². The van der Waals surface area contributed by atoms with Crippen LogP contribution in [0.4, 0.5) is 0 Å². The fourth-order valence-electron chi connectivity index (χ4n) is 4.23. The number of fused-ring (bicyclic) bond motifs is 1. The van der Waals surface area contributed by atoms with Crippen LogP contribution in [0.5, 0.6) is 28.7 Å². The van der Waals surface area contributed by atoms with E-state index in [1.165, 1.54) is 32.2 Å². The molecule has 2 aromatic carbocycles. The Bertz CT molecular complexity index is 1440. The molecule has 0 aliphatic carbocycles. The Morgan fingerprint density at radius 1 is 1.00 bits per heavy atom. The minimum absolute atomic E-state index is 0.114. The van der Waals surface area contributed by atoms with Crippen molar-refractivity contribution >= 4 is 11.0 Å². The predicted octanol–water partition coefficient (Wildman–Crippen LogP) is 2.30. The van der Waals surface area contributed by atoms with Crippen LogP contribution < -0.4 is 14.9 Å². The summed E-state index contributed by atoms with van der Waals surface area (Å²) in [5.74, 6) is -1.72. The van der Waals surface area contributed by atoms with Gasteiger partial charge in [-0.3, -0.25) is 4.79 Å². The highest BCUT2D eigenvalue weighted by Crippen LogP contribution is 2.41. The van der Waals surface area contributed by atoms with Gasteiger partial charge in [0.25, 0.3) is 0 Å².